The molecule has 6 heteroatoms. The number of nitrogens with zero attached hydrogens (tertiary/aromatic N) is 2. The average molecular weight is 382 g/mol. The number of amides is 1. The first kappa shape index (κ1) is 21.2. The van der Waals surface area contributed by atoms with Crippen LogP contribution in [-0.2, 0) is 0 Å². The van der Waals surface area contributed by atoms with Crippen LogP contribution in [-0.4, -0.2) is 23.5 Å². The van der Waals surface area contributed by atoms with Gasteiger partial charge in [-0.15, -0.1) is 0 Å². The van der Waals surface area contributed by atoms with Crippen molar-refractivity contribution in [3.63, 3.8) is 0 Å². The molecule has 1 heterocycles. The van der Waals surface area contributed by atoms with Crippen LogP contribution < -0.4 is 9.64 Å². The van der Waals surface area contributed by atoms with E-state index in [4.69, 9.17) is 4.74 Å². The highest BCUT2D eigenvalue weighted by Crippen LogP contribution is 2.38. The predicted molar refractivity (Wildman–Crippen MR) is 112 cm³/mol. The SMILES string of the molecule is C/C=C/c1cccc2c1OC(CC)CN2C(=O)c1ccc([N+](=O)[O-])cc1.CC. The molecular formula is C22H26N2O4. The Morgan fingerprint density at radius 1 is 1.25 bits per heavy atom. The van der Waals surface area contributed by atoms with Gasteiger partial charge in [-0.1, -0.05) is 45.1 Å². The van der Waals surface area contributed by atoms with Crippen molar-refractivity contribution in [2.45, 2.75) is 40.2 Å². The fraction of sp³-hybridized carbons (Fsp3) is 0.318. The normalized spacial score (nSPS) is 15.3. The second-order valence-electron chi connectivity index (χ2n) is 6.06. The van der Waals surface area contributed by atoms with E-state index >= 15 is 0 Å². The topological polar surface area (TPSA) is 72.7 Å². The fourth-order valence-electron chi connectivity index (χ4n) is 2.99. The van der Waals surface area contributed by atoms with Crippen molar-refractivity contribution in [3.8, 4) is 5.75 Å². The van der Waals surface area contributed by atoms with E-state index in [2.05, 4.69) is 0 Å². The molecule has 0 aromatic heterocycles. The van der Waals surface area contributed by atoms with Gasteiger partial charge in [-0.05, 0) is 31.5 Å². The van der Waals surface area contributed by atoms with E-state index in [0.29, 0.717) is 23.5 Å². The molecule has 0 saturated carbocycles. The third kappa shape index (κ3) is 4.39. The average Bonchev–Trinajstić information content (AvgIpc) is 2.74. The van der Waals surface area contributed by atoms with E-state index < -0.39 is 4.92 Å². The van der Waals surface area contributed by atoms with E-state index in [1.807, 2.05) is 58.0 Å². The highest BCUT2D eigenvalue weighted by atomic mass is 16.6. The Balaban J connectivity index is 0.00000136. The molecule has 6 nitrogen and oxygen atoms in total. The van der Waals surface area contributed by atoms with Crippen molar-refractivity contribution in [1.82, 2.24) is 0 Å². The van der Waals surface area contributed by atoms with Gasteiger partial charge < -0.3 is 9.64 Å². The smallest absolute Gasteiger partial charge is 0.269 e. The Labute approximate surface area is 165 Å². The van der Waals surface area contributed by atoms with Gasteiger partial charge in [0, 0.05) is 23.3 Å². The molecule has 1 unspecified atom stereocenters. The number of rotatable bonds is 4. The van der Waals surface area contributed by atoms with Crippen LogP contribution in [0, 0.1) is 10.1 Å². The fourth-order valence-corrected chi connectivity index (χ4v) is 2.99. The number of carbonyl (C=O) groups is 1. The number of allylic oxidation sites excluding steroid dienone is 1. The minimum atomic E-state index is -0.477. The maximum absolute atomic E-state index is 13.1. The summed E-state index contributed by atoms with van der Waals surface area (Å²) in [5.41, 5.74) is 2.01. The number of hydrogen-bond donors (Lipinski definition) is 0. The summed E-state index contributed by atoms with van der Waals surface area (Å²) in [5.74, 6) is 0.500. The first-order valence-electron chi connectivity index (χ1n) is 9.53. The Kier molecular flexibility index (Phi) is 7.32. The maximum atomic E-state index is 13.1. The minimum Gasteiger partial charge on any atom is -0.486 e. The van der Waals surface area contributed by atoms with E-state index in [-0.39, 0.29) is 17.7 Å². The second kappa shape index (κ2) is 9.69. The Morgan fingerprint density at radius 3 is 2.50 bits per heavy atom. The molecule has 0 spiro atoms. The van der Waals surface area contributed by atoms with Crippen molar-refractivity contribution in [2.24, 2.45) is 0 Å². The lowest BCUT2D eigenvalue weighted by molar-refractivity contribution is -0.384. The zero-order valence-corrected chi connectivity index (χ0v) is 16.7. The van der Waals surface area contributed by atoms with Crippen molar-refractivity contribution < 1.29 is 14.5 Å². The molecule has 0 bridgehead atoms. The summed E-state index contributed by atoms with van der Waals surface area (Å²) in [7, 11) is 0. The number of anilines is 1. The van der Waals surface area contributed by atoms with Crippen LogP contribution in [0.15, 0.2) is 48.5 Å². The van der Waals surface area contributed by atoms with Crippen LogP contribution in [0.4, 0.5) is 11.4 Å². The molecule has 148 valence electrons. The van der Waals surface area contributed by atoms with Gasteiger partial charge in [0.15, 0.2) is 5.75 Å². The number of nitro groups is 1. The van der Waals surface area contributed by atoms with Gasteiger partial charge in [-0.25, -0.2) is 0 Å². The summed E-state index contributed by atoms with van der Waals surface area (Å²) >= 11 is 0. The van der Waals surface area contributed by atoms with Crippen LogP contribution >= 0.6 is 0 Å². The lowest BCUT2D eigenvalue weighted by atomic mass is 10.1. The minimum absolute atomic E-state index is 0.0364. The van der Waals surface area contributed by atoms with E-state index in [1.54, 1.807) is 4.90 Å². The third-order valence-corrected chi connectivity index (χ3v) is 4.36. The van der Waals surface area contributed by atoms with Crippen LogP contribution in [0.3, 0.4) is 0 Å². The number of carbonyl (C=O) groups excluding carboxylic acids is 1. The van der Waals surface area contributed by atoms with Crippen molar-refractivity contribution in [3.05, 3.63) is 69.8 Å². The second-order valence-corrected chi connectivity index (χ2v) is 6.06. The summed E-state index contributed by atoms with van der Waals surface area (Å²) in [6.45, 7) is 8.39. The van der Waals surface area contributed by atoms with E-state index in [1.165, 1.54) is 24.3 Å². The summed E-state index contributed by atoms with van der Waals surface area (Å²) in [6, 6.07) is 11.4. The summed E-state index contributed by atoms with van der Waals surface area (Å²) in [4.78, 5) is 25.1. The molecule has 3 rings (SSSR count). The number of fused-ring (bicyclic) bond motifs is 1. The summed E-state index contributed by atoms with van der Waals surface area (Å²) < 4.78 is 6.10. The van der Waals surface area contributed by atoms with Crippen molar-refractivity contribution >= 4 is 23.4 Å². The standard InChI is InChI=1S/C20H20N2O4.C2H6/c1-3-6-14-7-5-8-18-19(14)26-17(4-2)13-21(18)20(23)15-9-11-16(12-10-15)22(24)25;1-2/h3,5-12,17H,4,13H2,1-2H3;1-2H3/b6-3+;. The van der Waals surface area contributed by atoms with E-state index in [0.717, 1.165) is 12.0 Å². The van der Waals surface area contributed by atoms with Crippen LogP contribution in [0.2, 0.25) is 0 Å². The van der Waals surface area contributed by atoms with Crippen molar-refractivity contribution in [1.29, 1.82) is 0 Å². The Bertz CT molecular complexity index is 859. The molecule has 0 saturated heterocycles. The molecule has 2 aromatic rings. The van der Waals surface area contributed by atoms with Crippen LogP contribution in [0.1, 0.15) is 50.0 Å². The summed E-state index contributed by atoms with van der Waals surface area (Å²) in [5, 5.41) is 10.8. The maximum Gasteiger partial charge on any atom is 0.269 e. The predicted octanol–water partition coefficient (Wildman–Crippen LogP) is 5.47. The van der Waals surface area contributed by atoms with Crippen LogP contribution in [0.25, 0.3) is 6.08 Å². The molecule has 0 aliphatic carbocycles. The molecule has 28 heavy (non-hydrogen) atoms. The molecule has 1 atom stereocenters. The molecule has 0 radical (unpaired) electrons. The van der Waals surface area contributed by atoms with Gasteiger partial charge >= 0.3 is 0 Å². The molecule has 1 aliphatic heterocycles. The largest absolute Gasteiger partial charge is 0.486 e. The van der Waals surface area contributed by atoms with Gasteiger partial charge in [0.05, 0.1) is 17.2 Å². The molecule has 0 N–H and O–H groups in total. The quantitative estimate of drug-likeness (QED) is 0.519. The zero-order chi connectivity index (χ0) is 20.7. The molecule has 0 fully saturated rings. The summed E-state index contributed by atoms with van der Waals surface area (Å²) in [6.07, 6.45) is 4.55. The number of nitro benzene ring substituents is 1. The third-order valence-electron chi connectivity index (χ3n) is 4.36. The van der Waals surface area contributed by atoms with Crippen LogP contribution in [0.5, 0.6) is 5.75 Å². The molecule has 1 aliphatic rings. The number of benzene rings is 2. The number of ether oxygens (including phenoxy) is 1. The zero-order valence-electron chi connectivity index (χ0n) is 16.7. The van der Waals surface area contributed by atoms with E-state index in [9.17, 15) is 14.9 Å². The molecule has 2 aromatic carbocycles. The first-order valence-corrected chi connectivity index (χ1v) is 9.53. The number of hydrogen-bond acceptors (Lipinski definition) is 4. The van der Waals surface area contributed by atoms with Gasteiger partial charge in [0.2, 0.25) is 0 Å². The monoisotopic (exact) mass is 382 g/mol. The lowest BCUT2D eigenvalue weighted by Gasteiger charge is -2.35. The van der Waals surface area contributed by atoms with Crippen molar-refractivity contribution in [2.75, 3.05) is 11.4 Å². The van der Waals surface area contributed by atoms with Gasteiger partial charge in [0.25, 0.3) is 11.6 Å². The highest BCUT2D eigenvalue weighted by molar-refractivity contribution is 6.07. The number of para-hydroxylation sites is 1. The molecule has 1 amide bonds. The molecular weight excluding hydrogens is 356 g/mol. The lowest BCUT2D eigenvalue weighted by Crippen LogP contribution is -2.43. The first-order chi connectivity index (χ1) is 13.5. The van der Waals surface area contributed by atoms with Gasteiger partial charge in [0.1, 0.15) is 6.10 Å². The van der Waals surface area contributed by atoms with Gasteiger partial charge in [-0.2, -0.15) is 0 Å². The Morgan fingerprint density at radius 2 is 1.93 bits per heavy atom. The highest BCUT2D eigenvalue weighted by Gasteiger charge is 2.30. The number of non-ortho nitro benzene ring substituents is 1. The van der Waals surface area contributed by atoms with Gasteiger partial charge in [-0.3, -0.25) is 14.9 Å². The Hall–Kier alpha value is -3.15.